The van der Waals surface area contributed by atoms with Gasteiger partial charge in [-0.05, 0) is 37.1 Å². The zero-order valence-electron chi connectivity index (χ0n) is 11.4. The molecule has 0 aliphatic rings. The summed E-state index contributed by atoms with van der Waals surface area (Å²) in [4.78, 5) is 0.371. The number of benzene rings is 1. The van der Waals surface area contributed by atoms with Gasteiger partial charge in [-0.2, -0.15) is 0 Å². The lowest BCUT2D eigenvalue weighted by molar-refractivity contribution is 0.559. The SMILES string of the molecule is CNCc1ccc(C)c(S(=O)(=O)NCC(C)C)c1. The molecule has 2 N–H and O–H groups in total. The zero-order valence-corrected chi connectivity index (χ0v) is 12.3. The van der Waals surface area contributed by atoms with E-state index in [1.54, 1.807) is 6.07 Å². The van der Waals surface area contributed by atoms with Crippen LogP contribution >= 0.6 is 0 Å². The van der Waals surface area contributed by atoms with Crippen LogP contribution in [0.4, 0.5) is 0 Å². The third-order valence-corrected chi connectivity index (χ3v) is 4.17. The van der Waals surface area contributed by atoms with Crippen LogP contribution < -0.4 is 10.0 Å². The Morgan fingerprint density at radius 2 is 1.94 bits per heavy atom. The molecule has 4 nitrogen and oxygen atoms in total. The fraction of sp³-hybridized carbons (Fsp3) is 0.538. The predicted molar refractivity (Wildman–Crippen MR) is 74.0 cm³/mol. The molecule has 0 amide bonds. The number of hydrogen-bond donors (Lipinski definition) is 2. The first-order valence-corrected chi connectivity index (χ1v) is 7.59. The number of aryl methyl sites for hydroxylation is 1. The molecule has 102 valence electrons. The lowest BCUT2D eigenvalue weighted by atomic mass is 10.1. The summed E-state index contributed by atoms with van der Waals surface area (Å²) in [6, 6.07) is 5.51. The van der Waals surface area contributed by atoms with Gasteiger partial charge in [-0.3, -0.25) is 0 Å². The molecule has 0 aliphatic carbocycles. The van der Waals surface area contributed by atoms with Crippen LogP contribution in [-0.4, -0.2) is 22.0 Å². The minimum Gasteiger partial charge on any atom is -0.316 e. The molecule has 0 fully saturated rings. The monoisotopic (exact) mass is 270 g/mol. The van der Waals surface area contributed by atoms with Gasteiger partial charge in [-0.15, -0.1) is 0 Å². The summed E-state index contributed by atoms with van der Waals surface area (Å²) >= 11 is 0. The highest BCUT2D eigenvalue weighted by Crippen LogP contribution is 2.17. The van der Waals surface area contributed by atoms with Crippen LogP contribution in [0.15, 0.2) is 23.1 Å². The van der Waals surface area contributed by atoms with E-state index in [9.17, 15) is 8.42 Å². The molecule has 0 spiro atoms. The predicted octanol–water partition coefficient (Wildman–Crippen LogP) is 1.65. The van der Waals surface area contributed by atoms with Crippen LogP contribution in [-0.2, 0) is 16.6 Å². The van der Waals surface area contributed by atoms with E-state index in [-0.39, 0.29) is 0 Å². The smallest absolute Gasteiger partial charge is 0.240 e. The van der Waals surface area contributed by atoms with Crippen LogP contribution in [0.1, 0.15) is 25.0 Å². The largest absolute Gasteiger partial charge is 0.316 e. The molecule has 0 saturated heterocycles. The Kier molecular flexibility index (Phi) is 5.31. The van der Waals surface area contributed by atoms with Gasteiger partial charge < -0.3 is 5.32 Å². The molecule has 0 heterocycles. The van der Waals surface area contributed by atoms with E-state index >= 15 is 0 Å². The van der Waals surface area contributed by atoms with Crippen LogP contribution in [0.25, 0.3) is 0 Å². The second-order valence-corrected chi connectivity index (χ2v) is 6.61. The molecule has 1 aromatic carbocycles. The van der Waals surface area contributed by atoms with E-state index in [1.807, 2.05) is 40.0 Å². The average molecular weight is 270 g/mol. The minimum absolute atomic E-state index is 0.292. The quantitative estimate of drug-likeness (QED) is 0.826. The Bertz CT molecular complexity index is 496. The maximum absolute atomic E-state index is 12.2. The molecule has 0 aromatic heterocycles. The summed E-state index contributed by atoms with van der Waals surface area (Å²) < 4.78 is 27.0. The van der Waals surface area contributed by atoms with Crippen LogP contribution in [0.5, 0.6) is 0 Å². The summed E-state index contributed by atoms with van der Waals surface area (Å²) in [5.74, 6) is 0.292. The van der Waals surface area contributed by atoms with Crippen molar-refractivity contribution in [3.8, 4) is 0 Å². The van der Waals surface area contributed by atoms with Crippen molar-refractivity contribution in [3.05, 3.63) is 29.3 Å². The maximum Gasteiger partial charge on any atom is 0.240 e. The van der Waals surface area contributed by atoms with Crippen molar-refractivity contribution in [1.29, 1.82) is 0 Å². The van der Waals surface area contributed by atoms with Gasteiger partial charge in [-0.1, -0.05) is 26.0 Å². The van der Waals surface area contributed by atoms with E-state index in [0.29, 0.717) is 23.9 Å². The summed E-state index contributed by atoms with van der Waals surface area (Å²) in [7, 11) is -1.57. The molecule has 1 rings (SSSR count). The third-order valence-electron chi connectivity index (χ3n) is 2.60. The standard InChI is InChI=1S/C13H22N2O2S/c1-10(2)8-15-18(16,17)13-7-12(9-14-4)6-5-11(13)3/h5-7,10,14-15H,8-9H2,1-4H3. The Balaban J connectivity index is 3.03. The second kappa shape index (κ2) is 6.31. The van der Waals surface area contributed by atoms with E-state index < -0.39 is 10.0 Å². The van der Waals surface area contributed by atoms with Crippen molar-refractivity contribution in [3.63, 3.8) is 0 Å². The van der Waals surface area contributed by atoms with Crippen molar-refractivity contribution < 1.29 is 8.42 Å². The van der Waals surface area contributed by atoms with Gasteiger partial charge in [0.1, 0.15) is 0 Å². The van der Waals surface area contributed by atoms with Crippen molar-refractivity contribution in [1.82, 2.24) is 10.0 Å². The van der Waals surface area contributed by atoms with Crippen molar-refractivity contribution in [2.45, 2.75) is 32.2 Å². The number of rotatable bonds is 6. The highest BCUT2D eigenvalue weighted by molar-refractivity contribution is 7.89. The number of hydrogen-bond acceptors (Lipinski definition) is 3. The van der Waals surface area contributed by atoms with Gasteiger partial charge in [0.05, 0.1) is 4.90 Å². The molecule has 0 saturated carbocycles. The van der Waals surface area contributed by atoms with Crippen LogP contribution in [0, 0.1) is 12.8 Å². The average Bonchev–Trinajstić information content (AvgIpc) is 2.29. The van der Waals surface area contributed by atoms with Gasteiger partial charge in [0.2, 0.25) is 10.0 Å². The van der Waals surface area contributed by atoms with Crippen LogP contribution in [0.2, 0.25) is 0 Å². The molecule has 1 aromatic rings. The van der Waals surface area contributed by atoms with E-state index in [2.05, 4.69) is 10.0 Å². The Labute approximate surface area is 110 Å². The topological polar surface area (TPSA) is 58.2 Å². The van der Waals surface area contributed by atoms with Crippen molar-refractivity contribution >= 4 is 10.0 Å². The third kappa shape index (κ3) is 4.08. The fourth-order valence-corrected chi connectivity index (χ4v) is 3.11. The molecule has 18 heavy (non-hydrogen) atoms. The van der Waals surface area contributed by atoms with Gasteiger partial charge in [0, 0.05) is 13.1 Å². The number of nitrogens with one attached hydrogen (secondary N) is 2. The molecule has 0 atom stereocenters. The molecule has 0 aliphatic heterocycles. The van der Waals surface area contributed by atoms with Gasteiger partial charge in [-0.25, -0.2) is 13.1 Å². The summed E-state index contributed by atoms with van der Waals surface area (Å²) in [5.41, 5.74) is 1.74. The Hall–Kier alpha value is -0.910. The summed E-state index contributed by atoms with van der Waals surface area (Å²) in [6.07, 6.45) is 0. The van der Waals surface area contributed by atoms with E-state index in [0.717, 1.165) is 11.1 Å². The normalized spacial score (nSPS) is 12.1. The molecule has 0 radical (unpaired) electrons. The Morgan fingerprint density at radius 1 is 1.28 bits per heavy atom. The molecule has 0 unspecified atom stereocenters. The second-order valence-electron chi connectivity index (χ2n) is 4.88. The van der Waals surface area contributed by atoms with Gasteiger partial charge in [0.15, 0.2) is 0 Å². The molecular formula is C13H22N2O2S. The van der Waals surface area contributed by atoms with Crippen LogP contribution in [0.3, 0.4) is 0 Å². The van der Waals surface area contributed by atoms with E-state index in [4.69, 9.17) is 0 Å². The first-order valence-electron chi connectivity index (χ1n) is 6.10. The zero-order chi connectivity index (χ0) is 13.8. The first-order chi connectivity index (χ1) is 8.36. The first kappa shape index (κ1) is 15.1. The highest BCUT2D eigenvalue weighted by atomic mass is 32.2. The minimum atomic E-state index is -3.40. The highest BCUT2D eigenvalue weighted by Gasteiger charge is 2.17. The fourth-order valence-electron chi connectivity index (χ4n) is 1.60. The molecule has 0 bridgehead atoms. The summed E-state index contributed by atoms with van der Waals surface area (Å²) in [6.45, 7) is 6.89. The van der Waals surface area contributed by atoms with Gasteiger partial charge in [0.25, 0.3) is 0 Å². The lowest BCUT2D eigenvalue weighted by Crippen LogP contribution is -2.28. The van der Waals surface area contributed by atoms with Crippen molar-refractivity contribution in [2.75, 3.05) is 13.6 Å². The molecule has 5 heteroatoms. The Morgan fingerprint density at radius 3 is 2.50 bits per heavy atom. The lowest BCUT2D eigenvalue weighted by Gasteiger charge is -2.12. The summed E-state index contributed by atoms with van der Waals surface area (Å²) in [5, 5.41) is 3.02. The molecular weight excluding hydrogens is 248 g/mol. The maximum atomic E-state index is 12.2. The van der Waals surface area contributed by atoms with E-state index in [1.165, 1.54) is 0 Å². The van der Waals surface area contributed by atoms with Crippen molar-refractivity contribution in [2.24, 2.45) is 5.92 Å². The number of sulfonamides is 1. The van der Waals surface area contributed by atoms with Gasteiger partial charge >= 0.3 is 0 Å².